The largest absolute Gasteiger partial charge is 0.337 e. The Morgan fingerprint density at radius 2 is 1.96 bits per heavy atom. The van der Waals surface area contributed by atoms with Crippen LogP contribution in [0.5, 0.6) is 0 Å². The predicted molar refractivity (Wildman–Crippen MR) is 103 cm³/mol. The molecular weight excluding hydrogens is 348 g/mol. The van der Waals surface area contributed by atoms with Crippen molar-refractivity contribution in [1.82, 2.24) is 19.7 Å². The van der Waals surface area contributed by atoms with Gasteiger partial charge in [-0.3, -0.25) is 9.59 Å². The van der Waals surface area contributed by atoms with Crippen molar-refractivity contribution in [2.75, 3.05) is 13.1 Å². The van der Waals surface area contributed by atoms with Crippen LogP contribution >= 0.6 is 11.3 Å². The summed E-state index contributed by atoms with van der Waals surface area (Å²) in [5.41, 5.74) is 1.32. The van der Waals surface area contributed by atoms with E-state index in [1.807, 2.05) is 23.3 Å². The van der Waals surface area contributed by atoms with E-state index >= 15 is 0 Å². The molecule has 1 amide bonds. The van der Waals surface area contributed by atoms with E-state index < -0.39 is 0 Å². The van der Waals surface area contributed by atoms with E-state index in [9.17, 15) is 9.59 Å². The molecule has 0 radical (unpaired) electrons. The van der Waals surface area contributed by atoms with E-state index in [1.165, 1.54) is 11.3 Å². The number of amides is 1. The third-order valence-electron chi connectivity index (χ3n) is 4.81. The van der Waals surface area contributed by atoms with Crippen LogP contribution in [0.1, 0.15) is 54.8 Å². The molecule has 0 unspecified atom stereocenters. The molecule has 0 aromatic carbocycles. The van der Waals surface area contributed by atoms with Crippen molar-refractivity contribution < 1.29 is 4.79 Å². The normalized spacial score (nSPS) is 16.1. The number of carbonyl (C=O) groups is 1. The minimum atomic E-state index is -0.0864. The molecule has 0 atom stereocenters. The summed E-state index contributed by atoms with van der Waals surface area (Å²) in [7, 11) is 0. The molecule has 2 aromatic rings. The lowest BCUT2D eigenvalue weighted by Gasteiger charge is -2.31. The van der Waals surface area contributed by atoms with Gasteiger partial charge in [0.25, 0.3) is 11.5 Å². The first-order valence-electron chi connectivity index (χ1n) is 9.04. The van der Waals surface area contributed by atoms with Gasteiger partial charge in [0, 0.05) is 36.5 Å². The fourth-order valence-corrected chi connectivity index (χ4v) is 3.75. The topological polar surface area (TPSA) is 68.1 Å². The number of hydrogen-bond donors (Lipinski definition) is 0. The zero-order chi connectivity index (χ0) is 18.9. The SMILES string of the molecule is Cc1nc(C(=O)N2CCC(Cn3nc(C(C)(C)C)ccc3=O)CC2)cs1. The number of nitrogens with zero attached hydrogens (tertiary/aromatic N) is 4. The van der Waals surface area contributed by atoms with Crippen LogP contribution in [0.3, 0.4) is 0 Å². The van der Waals surface area contributed by atoms with Crippen LogP contribution in [0.15, 0.2) is 22.3 Å². The molecule has 26 heavy (non-hydrogen) atoms. The standard InChI is InChI=1S/C19H26N4O2S/c1-13-20-15(12-26-13)18(25)22-9-7-14(8-10-22)11-23-17(24)6-5-16(21-23)19(2,3)4/h5-6,12,14H,7-11H2,1-4H3. The molecule has 2 aromatic heterocycles. The number of piperidine rings is 1. The van der Waals surface area contributed by atoms with E-state index in [0.717, 1.165) is 23.5 Å². The number of likely N-dealkylation sites (tertiary alicyclic amines) is 1. The van der Waals surface area contributed by atoms with Gasteiger partial charge in [0.15, 0.2) is 0 Å². The molecule has 0 aliphatic carbocycles. The fraction of sp³-hybridized carbons (Fsp3) is 0.579. The summed E-state index contributed by atoms with van der Waals surface area (Å²) in [4.78, 5) is 30.8. The Balaban J connectivity index is 1.62. The van der Waals surface area contributed by atoms with Gasteiger partial charge in [-0.15, -0.1) is 11.3 Å². The van der Waals surface area contributed by atoms with Gasteiger partial charge in [-0.25, -0.2) is 9.67 Å². The molecule has 0 saturated carbocycles. The highest BCUT2D eigenvalue weighted by molar-refractivity contribution is 7.09. The van der Waals surface area contributed by atoms with Gasteiger partial charge in [0.1, 0.15) is 5.69 Å². The molecule has 0 N–H and O–H groups in total. The Kier molecular flexibility index (Phi) is 5.27. The van der Waals surface area contributed by atoms with E-state index in [-0.39, 0.29) is 16.9 Å². The molecular formula is C19H26N4O2S. The van der Waals surface area contributed by atoms with Gasteiger partial charge < -0.3 is 4.90 Å². The van der Waals surface area contributed by atoms with Crippen LogP contribution < -0.4 is 5.56 Å². The molecule has 3 rings (SSSR count). The first-order valence-corrected chi connectivity index (χ1v) is 9.92. The van der Waals surface area contributed by atoms with E-state index in [1.54, 1.807) is 10.7 Å². The summed E-state index contributed by atoms with van der Waals surface area (Å²) >= 11 is 1.50. The number of aromatic nitrogens is 3. The van der Waals surface area contributed by atoms with Crippen molar-refractivity contribution in [3.63, 3.8) is 0 Å². The predicted octanol–water partition coefficient (Wildman–Crippen LogP) is 2.86. The fourth-order valence-electron chi connectivity index (χ4n) is 3.17. The van der Waals surface area contributed by atoms with Crippen molar-refractivity contribution in [2.45, 2.75) is 52.5 Å². The second kappa shape index (κ2) is 7.31. The highest BCUT2D eigenvalue weighted by Gasteiger charge is 2.26. The second-order valence-corrected chi connectivity index (χ2v) is 9.04. The first kappa shape index (κ1) is 18.8. The Hall–Kier alpha value is -2.02. The molecule has 1 saturated heterocycles. The molecule has 0 spiro atoms. The number of carbonyl (C=O) groups excluding carboxylic acids is 1. The summed E-state index contributed by atoms with van der Waals surface area (Å²) in [6.45, 7) is 10.2. The van der Waals surface area contributed by atoms with Crippen LogP contribution in [-0.4, -0.2) is 38.7 Å². The van der Waals surface area contributed by atoms with Gasteiger partial charge in [-0.05, 0) is 31.7 Å². The molecule has 140 valence electrons. The molecule has 1 fully saturated rings. The number of hydrogen-bond acceptors (Lipinski definition) is 5. The molecule has 6 nitrogen and oxygen atoms in total. The summed E-state index contributed by atoms with van der Waals surface area (Å²) in [5.74, 6) is 0.370. The molecule has 7 heteroatoms. The van der Waals surface area contributed by atoms with Gasteiger partial charge in [0.05, 0.1) is 10.7 Å². The van der Waals surface area contributed by atoms with E-state index in [4.69, 9.17) is 0 Å². The molecule has 1 aliphatic rings. The van der Waals surface area contributed by atoms with Crippen LogP contribution in [-0.2, 0) is 12.0 Å². The summed E-state index contributed by atoms with van der Waals surface area (Å²) in [6.07, 6.45) is 1.76. The zero-order valence-electron chi connectivity index (χ0n) is 15.9. The Bertz CT molecular complexity index is 842. The minimum absolute atomic E-state index is 0.0119. The smallest absolute Gasteiger partial charge is 0.273 e. The van der Waals surface area contributed by atoms with E-state index in [2.05, 4.69) is 30.9 Å². The lowest BCUT2D eigenvalue weighted by molar-refractivity contribution is 0.0675. The van der Waals surface area contributed by atoms with Crippen molar-refractivity contribution in [1.29, 1.82) is 0 Å². The van der Waals surface area contributed by atoms with Crippen molar-refractivity contribution in [3.8, 4) is 0 Å². The first-order chi connectivity index (χ1) is 12.2. The van der Waals surface area contributed by atoms with Crippen molar-refractivity contribution in [3.05, 3.63) is 44.3 Å². The molecule has 1 aliphatic heterocycles. The van der Waals surface area contributed by atoms with Crippen LogP contribution in [0, 0.1) is 12.8 Å². The highest BCUT2D eigenvalue weighted by Crippen LogP contribution is 2.22. The summed E-state index contributed by atoms with van der Waals surface area (Å²) < 4.78 is 1.59. The van der Waals surface area contributed by atoms with Crippen LogP contribution in [0.4, 0.5) is 0 Å². The Morgan fingerprint density at radius 1 is 1.27 bits per heavy atom. The maximum absolute atomic E-state index is 12.5. The van der Waals surface area contributed by atoms with Crippen molar-refractivity contribution >= 4 is 17.2 Å². The zero-order valence-corrected chi connectivity index (χ0v) is 16.7. The van der Waals surface area contributed by atoms with Crippen LogP contribution in [0.2, 0.25) is 0 Å². The third-order valence-corrected chi connectivity index (χ3v) is 5.58. The van der Waals surface area contributed by atoms with Gasteiger partial charge >= 0.3 is 0 Å². The van der Waals surface area contributed by atoms with Crippen molar-refractivity contribution in [2.24, 2.45) is 5.92 Å². The quantitative estimate of drug-likeness (QED) is 0.828. The highest BCUT2D eigenvalue weighted by atomic mass is 32.1. The van der Waals surface area contributed by atoms with E-state index in [0.29, 0.717) is 31.2 Å². The monoisotopic (exact) mass is 374 g/mol. The second-order valence-electron chi connectivity index (χ2n) is 7.98. The summed E-state index contributed by atoms with van der Waals surface area (Å²) in [6, 6.07) is 3.42. The van der Waals surface area contributed by atoms with Gasteiger partial charge in [-0.1, -0.05) is 20.8 Å². The Labute approximate surface area is 157 Å². The minimum Gasteiger partial charge on any atom is -0.337 e. The summed E-state index contributed by atoms with van der Waals surface area (Å²) in [5, 5.41) is 7.29. The average molecular weight is 375 g/mol. The van der Waals surface area contributed by atoms with Gasteiger partial charge in [0.2, 0.25) is 0 Å². The van der Waals surface area contributed by atoms with Crippen LogP contribution in [0.25, 0.3) is 0 Å². The van der Waals surface area contributed by atoms with Gasteiger partial charge in [-0.2, -0.15) is 5.10 Å². The lowest BCUT2D eigenvalue weighted by atomic mass is 9.92. The lowest BCUT2D eigenvalue weighted by Crippen LogP contribution is -2.40. The number of aryl methyl sites for hydroxylation is 1. The average Bonchev–Trinajstić information content (AvgIpc) is 3.02. The number of rotatable bonds is 3. The number of thiazole rings is 1. The molecule has 0 bridgehead atoms. The third kappa shape index (κ3) is 4.20. The Morgan fingerprint density at radius 3 is 2.54 bits per heavy atom. The molecule has 3 heterocycles. The maximum Gasteiger partial charge on any atom is 0.273 e. The maximum atomic E-state index is 12.5.